The van der Waals surface area contributed by atoms with E-state index < -0.39 is 11.9 Å². The maximum Gasteiger partial charge on any atom is 0.336 e. The first-order valence-corrected chi connectivity index (χ1v) is 13.2. The van der Waals surface area contributed by atoms with Gasteiger partial charge in [0, 0.05) is 28.9 Å². The Bertz CT molecular complexity index is 1470. The predicted molar refractivity (Wildman–Crippen MR) is 151 cm³/mol. The van der Waals surface area contributed by atoms with Gasteiger partial charge in [0.2, 0.25) is 5.91 Å². The van der Waals surface area contributed by atoms with Crippen molar-refractivity contribution >= 4 is 51.7 Å². The highest BCUT2D eigenvalue weighted by Crippen LogP contribution is 2.43. The Morgan fingerprint density at radius 2 is 1.82 bits per heavy atom. The quantitative estimate of drug-likeness (QED) is 0.260. The standard InChI is InChI=1S/C29H26ClN3O4S/c1-18-26(29(35)37-15-14-36-2)27(21-11-5-6-12-23(21)30)22(16-31)28(32-18)38-17-25(34)33-24-13-7-9-19-8-3-4-10-20(19)24/h3-13,27,32H,14-15,17H2,1-2H3,(H,33,34). The van der Waals surface area contributed by atoms with Crippen LogP contribution in [-0.4, -0.2) is 38.0 Å². The van der Waals surface area contributed by atoms with Crippen molar-refractivity contribution in [1.29, 1.82) is 5.26 Å². The normalized spacial score (nSPS) is 15.2. The lowest BCUT2D eigenvalue weighted by atomic mass is 9.82. The topological polar surface area (TPSA) is 100 Å². The summed E-state index contributed by atoms with van der Waals surface area (Å²) >= 11 is 7.71. The number of ether oxygens (including phenoxy) is 2. The Labute approximate surface area is 230 Å². The van der Waals surface area contributed by atoms with Crippen molar-refractivity contribution in [3.63, 3.8) is 0 Å². The molecule has 9 heteroatoms. The number of thioether (sulfide) groups is 1. The number of benzene rings is 3. The molecule has 4 rings (SSSR count). The van der Waals surface area contributed by atoms with Crippen LogP contribution < -0.4 is 10.6 Å². The molecule has 1 unspecified atom stereocenters. The van der Waals surface area contributed by atoms with Gasteiger partial charge in [0.25, 0.3) is 0 Å². The van der Waals surface area contributed by atoms with E-state index in [1.54, 1.807) is 31.2 Å². The number of carbonyl (C=O) groups excluding carboxylic acids is 2. The number of anilines is 1. The number of allylic oxidation sites excluding steroid dienone is 2. The van der Waals surface area contributed by atoms with Gasteiger partial charge in [0.1, 0.15) is 6.61 Å². The minimum atomic E-state index is -0.756. The van der Waals surface area contributed by atoms with Gasteiger partial charge >= 0.3 is 5.97 Å². The van der Waals surface area contributed by atoms with Gasteiger partial charge in [-0.05, 0) is 30.0 Å². The summed E-state index contributed by atoms with van der Waals surface area (Å²) in [5, 5.41) is 19.2. The van der Waals surface area contributed by atoms with Gasteiger partial charge in [-0.2, -0.15) is 5.26 Å². The van der Waals surface area contributed by atoms with Crippen LogP contribution in [0.3, 0.4) is 0 Å². The molecular formula is C29H26ClN3O4S. The molecule has 0 radical (unpaired) electrons. The molecule has 0 aromatic heterocycles. The minimum absolute atomic E-state index is 0.0485. The number of amides is 1. The second-order valence-corrected chi connectivity index (χ2v) is 9.86. The minimum Gasteiger partial charge on any atom is -0.460 e. The number of dihydropyridines is 1. The van der Waals surface area contributed by atoms with Gasteiger partial charge in [-0.3, -0.25) is 4.79 Å². The van der Waals surface area contributed by atoms with E-state index in [0.717, 1.165) is 10.8 Å². The first-order chi connectivity index (χ1) is 18.4. The van der Waals surface area contributed by atoms with E-state index in [9.17, 15) is 14.9 Å². The third-order valence-corrected chi connectivity index (χ3v) is 7.38. The molecule has 2 N–H and O–H groups in total. The number of halogens is 1. The summed E-state index contributed by atoms with van der Waals surface area (Å²) in [4.78, 5) is 26.0. The van der Waals surface area contributed by atoms with Gasteiger partial charge in [-0.25, -0.2) is 4.79 Å². The molecule has 0 saturated carbocycles. The first-order valence-electron chi connectivity index (χ1n) is 11.9. The van der Waals surface area contributed by atoms with E-state index in [4.69, 9.17) is 21.1 Å². The van der Waals surface area contributed by atoms with Crippen molar-refractivity contribution in [3.8, 4) is 6.07 Å². The lowest BCUT2D eigenvalue weighted by Crippen LogP contribution is -2.30. The van der Waals surface area contributed by atoms with E-state index in [2.05, 4.69) is 16.7 Å². The highest BCUT2D eigenvalue weighted by atomic mass is 35.5. The molecule has 3 aromatic carbocycles. The summed E-state index contributed by atoms with van der Waals surface area (Å²) in [6.07, 6.45) is 0. The smallest absolute Gasteiger partial charge is 0.336 e. The molecular weight excluding hydrogens is 522 g/mol. The number of carbonyl (C=O) groups is 2. The van der Waals surface area contributed by atoms with Gasteiger partial charge in [-0.15, -0.1) is 0 Å². The summed E-state index contributed by atoms with van der Waals surface area (Å²) in [7, 11) is 1.52. The number of fused-ring (bicyclic) bond motifs is 1. The molecule has 0 bridgehead atoms. The van der Waals surface area contributed by atoms with Crippen molar-refractivity contribution in [2.24, 2.45) is 0 Å². The van der Waals surface area contributed by atoms with Crippen molar-refractivity contribution < 1.29 is 19.1 Å². The third kappa shape index (κ3) is 6.03. The maximum absolute atomic E-state index is 13.1. The maximum atomic E-state index is 13.1. The summed E-state index contributed by atoms with van der Waals surface area (Å²) in [6.45, 7) is 2.06. The molecule has 0 fully saturated rings. The highest BCUT2D eigenvalue weighted by molar-refractivity contribution is 8.03. The Balaban J connectivity index is 1.60. The number of esters is 1. The highest BCUT2D eigenvalue weighted by Gasteiger charge is 2.36. The van der Waals surface area contributed by atoms with Crippen LogP contribution in [0.1, 0.15) is 18.4 Å². The van der Waals surface area contributed by atoms with Crippen LogP contribution in [0.4, 0.5) is 5.69 Å². The van der Waals surface area contributed by atoms with Gasteiger partial charge in [0.15, 0.2) is 0 Å². The molecule has 194 valence electrons. The van der Waals surface area contributed by atoms with Crippen LogP contribution in [0.25, 0.3) is 10.8 Å². The number of nitrogens with zero attached hydrogens (tertiary/aromatic N) is 1. The summed E-state index contributed by atoms with van der Waals surface area (Å²) < 4.78 is 10.4. The van der Waals surface area contributed by atoms with Crippen LogP contribution in [0.2, 0.25) is 5.02 Å². The zero-order valence-corrected chi connectivity index (χ0v) is 22.5. The van der Waals surface area contributed by atoms with Crippen LogP contribution in [0, 0.1) is 11.3 Å². The molecule has 0 spiro atoms. The summed E-state index contributed by atoms with van der Waals surface area (Å²) in [5.74, 6) is -1.50. The molecule has 1 aliphatic heterocycles. The zero-order valence-electron chi connectivity index (χ0n) is 20.9. The van der Waals surface area contributed by atoms with Crippen molar-refractivity contribution in [1.82, 2.24) is 5.32 Å². The third-order valence-electron chi connectivity index (χ3n) is 6.02. The van der Waals surface area contributed by atoms with Crippen molar-refractivity contribution in [3.05, 3.63) is 99.2 Å². The second-order valence-electron chi connectivity index (χ2n) is 8.47. The van der Waals surface area contributed by atoms with E-state index in [1.807, 2.05) is 42.5 Å². The number of methoxy groups -OCH3 is 1. The van der Waals surface area contributed by atoms with Gasteiger partial charge < -0.3 is 20.1 Å². The molecule has 0 aliphatic carbocycles. The summed E-state index contributed by atoms with van der Waals surface area (Å²) in [5.41, 5.74) is 2.41. The lowest BCUT2D eigenvalue weighted by molar-refractivity contribution is -0.140. The zero-order chi connectivity index (χ0) is 27.1. The van der Waals surface area contributed by atoms with Crippen LogP contribution in [-0.2, 0) is 19.1 Å². The van der Waals surface area contributed by atoms with E-state index in [-0.39, 0.29) is 36.0 Å². The van der Waals surface area contributed by atoms with Gasteiger partial charge in [-0.1, -0.05) is 78.0 Å². The molecule has 1 aliphatic rings. The monoisotopic (exact) mass is 547 g/mol. The Morgan fingerprint density at radius 1 is 1.08 bits per heavy atom. The SMILES string of the molecule is COCCOC(=O)C1=C(C)NC(SCC(=O)Nc2cccc3ccccc23)=C(C#N)C1c1ccccc1Cl. The number of nitriles is 1. The Kier molecular flexibility index (Phi) is 9.08. The average molecular weight is 548 g/mol. The van der Waals surface area contributed by atoms with E-state index in [0.29, 0.717) is 27.0 Å². The number of hydrogen-bond donors (Lipinski definition) is 2. The number of hydrogen-bond acceptors (Lipinski definition) is 7. The van der Waals surface area contributed by atoms with Gasteiger partial charge in [0.05, 0.1) is 40.5 Å². The second kappa shape index (κ2) is 12.7. The molecule has 3 aromatic rings. The number of rotatable bonds is 9. The van der Waals surface area contributed by atoms with Crippen molar-refractivity contribution in [2.45, 2.75) is 12.8 Å². The predicted octanol–water partition coefficient (Wildman–Crippen LogP) is 5.75. The number of nitrogens with one attached hydrogen (secondary N) is 2. The van der Waals surface area contributed by atoms with E-state index >= 15 is 0 Å². The molecule has 0 saturated heterocycles. The fourth-order valence-corrected chi connectivity index (χ4v) is 5.41. The average Bonchev–Trinajstić information content (AvgIpc) is 2.92. The van der Waals surface area contributed by atoms with E-state index in [1.165, 1.54) is 18.9 Å². The van der Waals surface area contributed by atoms with Crippen LogP contribution >= 0.6 is 23.4 Å². The lowest BCUT2D eigenvalue weighted by Gasteiger charge is -2.29. The Morgan fingerprint density at radius 3 is 2.58 bits per heavy atom. The molecule has 1 heterocycles. The van der Waals surface area contributed by atoms with Crippen molar-refractivity contribution in [2.75, 3.05) is 31.4 Å². The Hall–Kier alpha value is -3.77. The van der Waals surface area contributed by atoms with Crippen LogP contribution in [0.15, 0.2) is 88.6 Å². The summed E-state index contributed by atoms with van der Waals surface area (Å²) in [6, 6.07) is 22.8. The molecule has 38 heavy (non-hydrogen) atoms. The molecule has 1 atom stereocenters. The molecule has 7 nitrogen and oxygen atoms in total. The first kappa shape index (κ1) is 27.3. The largest absolute Gasteiger partial charge is 0.460 e. The molecule has 1 amide bonds. The van der Waals surface area contributed by atoms with Crippen LogP contribution in [0.5, 0.6) is 0 Å². The fourth-order valence-electron chi connectivity index (χ4n) is 4.27. The fraction of sp³-hybridized carbons (Fsp3) is 0.207.